The summed E-state index contributed by atoms with van der Waals surface area (Å²) in [4.78, 5) is 0. The molecule has 0 fully saturated rings. The third-order valence-corrected chi connectivity index (χ3v) is 5.91. The summed E-state index contributed by atoms with van der Waals surface area (Å²) in [5.41, 5.74) is 9.37. The van der Waals surface area contributed by atoms with E-state index in [1.807, 2.05) is 0 Å². The lowest BCUT2D eigenvalue weighted by Crippen LogP contribution is -2.55. The summed E-state index contributed by atoms with van der Waals surface area (Å²) in [7, 11) is 0. The Bertz CT molecular complexity index is 1330. The van der Waals surface area contributed by atoms with Crippen molar-refractivity contribution in [3.8, 4) is 5.69 Å². The Labute approximate surface area is 159 Å². The Morgan fingerprint density at radius 2 is 1.44 bits per heavy atom. The van der Waals surface area contributed by atoms with E-state index in [-0.39, 0.29) is 6.71 Å². The number of nitrogens with zero attached hydrogens (tertiary/aromatic N) is 1. The summed E-state index contributed by atoms with van der Waals surface area (Å²) < 4.78 is 2.47. The molecule has 1 aromatic heterocycles. The Morgan fingerprint density at radius 3 is 2.33 bits per heavy atom. The van der Waals surface area contributed by atoms with E-state index in [4.69, 9.17) is 0 Å². The lowest BCUT2D eigenvalue weighted by atomic mass is 9.35. The molecule has 0 spiro atoms. The fraction of sp³-hybridized carbons (Fsp3) is 0.0400. The smallest absolute Gasteiger partial charge is 0.246 e. The number of aromatic nitrogens is 1. The molecule has 0 saturated carbocycles. The SMILES string of the molecule is Cc1ccc2c(c1)c1cccc3c1n2-c1ccccc1B3c1ccccc1. The fourth-order valence-electron chi connectivity index (χ4n) is 4.80. The molecule has 5 aromatic rings. The first-order chi connectivity index (χ1) is 13.3. The molecule has 1 nitrogen and oxygen atoms in total. The number of benzene rings is 4. The van der Waals surface area contributed by atoms with E-state index < -0.39 is 0 Å². The van der Waals surface area contributed by atoms with Gasteiger partial charge in [0.25, 0.3) is 0 Å². The van der Waals surface area contributed by atoms with E-state index in [1.165, 1.54) is 49.4 Å². The van der Waals surface area contributed by atoms with Crippen LogP contribution in [0.2, 0.25) is 0 Å². The number of hydrogen-bond acceptors (Lipinski definition) is 0. The van der Waals surface area contributed by atoms with E-state index in [1.54, 1.807) is 0 Å². The average Bonchev–Trinajstić information content (AvgIpc) is 3.04. The monoisotopic (exact) mass is 343 g/mol. The molecule has 27 heavy (non-hydrogen) atoms. The van der Waals surface area contributed by atoms with Crippen molar-refractivity contribution in [2.75, 3.05) is 0 Å². The molecular weight excluding hydrogens is 325 g/mol. The maximum absolute atomic E-state index is 2.47. The van der Waals surface area contributed by atoms with Crippen molar-refractivity contribution < 1.29 is 0 Å². The fourth-order valence-corrected chi connectivity index (χ4v) is 4.80. The van der Waals surface area contributed by atoms with Crippen LogP contribution in [-0.4, -0.2) is 11.3 Å². The van der Waals surface area contributed by atoms with Gasteiger partial charge in [0.1, 0.15) is 0 Å². The molecule has 126 valence electrons. The van der Waals surface area contributed by atoms with E-state index in [0.29, 0.717) is 0 Å². The van der Waals surface area contributed by atoms with Crippen molar-refractivity contribution in [2.24, 2.45) is 0 Å². The van der Waals surface area contributed by atoms with E-state index in [2.05, 4.69) is 102 Å². The number of fused-ring (bicyclic) bond motifs is 5. The van der Waals surface area contributed by atoms with Crippen LogP contribution in [0.25, 0.3) is 27.5 Å². The standard InChI is InChI=1S/C25H18BN/c1-17-14-15-23-20(16-17)19-10-7-12-22-25(19)27(23)24-13-6-5-11-21(24)26(22)18-8-3-2-4-9-18/h2-16H,1H3. The topological polar surface area (TPSA) is 4.93 Å². The van der Waals surface area contributed by atoms with Gasteiger partial charge in [0.2, 0.25) is 6.71 Å². The molecule has 6 rings (SSSR count). The first-order valence-electron chi connectivity index (χ1n) is 9.51. The second-order valence-corrected chi connectivity index (χ2v) is 7.50. The summed E-state index contributed by atoms with van der Waals surface area (Å²) in [5, 5.41) is 2.69. The van der Waals surface area contributed by atoms with Gasteiger partial charge in [-0.3, -0.25) is 0 Å². The normalized spacial score (nSPS) is 12.6. The third kappa shape index (κ3) is 1.96. The van der Waals surface area contributed by atoms with Crippen molar-refractivity contribution in [2.45, 2.75) is 6.92 Å². The predicted molar refractivity (Wildman–Crippen MR) is 117 cm³/mol. The van der Waals surface area contributed by atoms with Crippen molar-refractivity contribution in [1.29, 1.82) is 0 Å². The van der Waals surface area contributed by atoms with Gasteiger partial charge in [0.15, 0.2) is 0 Å². The molecule has 0 aliphatic carbocycles. The van der Waals surface area contributed by atoms with Crippen LogP contribution in [-0.2, 0) is 0 Å². The van der Waals surface area contributed by atoms with Crippen LogP contribution < -0.4 is 16.4 Å². The minimum Gasteiger partial charge on any atom is -0.310 e. The summed E-state index contributed by atoms with van der Waals surface area (Å²) in [6.45, 7) is 2.44. The quantitative estimate of drug-likeness (QED) is 0.399. The van der Waals surface area contributed by atoms with Crippen LogP contribution in [0.3, 0.4) is 0 Å². The summed E-state index contributed by atoms with van der Waals surface area (Å²) in [6, 6.07) is 33.4. The molecule has 0 saturated heterocycles. The maximum Gasteiger partial charge on any atom is 0.246 e. The molecule has 2 heterocycles. The number of para-hydroxylation sites is 2. The third-order valence-electron chi connectivity index (χ3n) is 5.91. The van der Waals surface area contributed by atoms with Crippen LogP contribution in [0.5, 0.6) is 0 Å². The molecule has 4 aromatic carbocycles. The molecule has 0 bridgehead atoms. The van der Waals surface area contributed by atoms with Gasteiger partial charge in [-0.05, 0) is 36.0 Å². The number of aryl methyl sites for hydroxylation is 1. The van der Waals surface area contributed by atoms with Crippen molar-refractivity contribution in [1.82, 2.24) is 4.57 Å². The molecule has 0 radical (unpaired) electrons. The Hall–Kier alpha value is -3.26. The lowest BCUT2D eigenvalue weighted by Gasteiger charge is -2.26. The molecule has 1 aliphatic rings. The second-order valence-electron chi connectivity index (χ2n) is 7.50. The highest BCUT2D eigenvalue weighted by atomic mass is 15.0. The zero-order valence-corrected chi connectivity index (χ0v) is 15.2. The highest BCUT2D eigenvalue weighted by Crippen LogP contribution is 2.33. The first-order valence-corrected chi connectivity index (χ1v) is 9.51. The zero-order chi connectivity index (χ0) is 18.0. The molecule has 0 N–H and O–H groups in total. The summed E-state index contributed by atoms with van der Waals surface area (Å²) >= 11 is 0. The Kier molecular flexibility index (Phi) is 2.96. The lowest BCUT2D eigenvalue weighted by molar-refractivity contribution is 1.19. The second kappa shape index (κ2) is 5.37. The van der Waals surface area contributed by atoms with Crippen molar-refractivity contribution in [3.05, 3.63) is 96.6 Å². The zero-order valence-electron chi connectivity index (χ0n) is 15.2. The van der Waals surface area contributed by atoms with E-state index >= 15 is 0 Å². The van der Waals surface area contributed by atoms with E-state index in [9.17, 15) is 0 Å². The Morgan fingerprint density at radius 1 is 0.667 bits per heavy atom. The molecule has 0 amide bonds. The molecule has 2 heteroatoms. The highest BCUT2D eigenvalue weighted by Gasteiger charge is 2.32. The number of hydrogen-bond donors (Lipinski definition) is 0. The molecule has 0 unspecified atom stereocenters. The number of rotatable bonds is 1. The van der Waals surface area contributed by atoms with Gasteiger partial charge in [-0.15, -0.1) is 0 Å². The highest BCUT2D eigenvalue weighted by molar-refractivity contribution is 6.98. The molecular formula is C25H18BN. The van der Waals surface area contributed by atoms with Gasteiger partial charge in [0.05, 0.1) is 5.52 Å². The molecule has 1 aliphatic heterocycles. The van der Waals surface area contributed by atoms with E-state index in [0.717, 1.165) is 0 Å². The van der Waals surface area contributed by atoms with Gasteiger partial charge >= 0.3 is 0 Å². The Balaban J connectivity index is 1.84. The van der Waals surface area contributed by atoms with Crippen molar-refractivity contribution >= 4 is 44.9 Å². The van der Waals surface area contributed by atoms with Gasteiger partial charge in [-0.25, -0.2) is 0 Å². The first kappa shape index (κ1) is 14.9. The van der Waals surface area contributed by atoms with Crippen LogP contribution in [0.1, 0.15) is 5.56 Å². The summed E-state index contributed by atoms with van der Waals surface area (Å²) in [6.07, 6.45) is 0. The van der Waals surface area contributed by atoms with Gasteiger partial charge < -0.3 is 4.57 Å². The minimum atomic E-state index is 0.268. The van der Waals surface area contributed by atoms with Crippen LogP contribution >= 0.6 is 0 Å². The molecule has 0 atom stereocenters. The predicted octanol–water partition coefficient (Wildman–Crippen LogP) is 3.92. The minimum absolute atomic E-state index is 0.268. The maximum atomic E-state index is 2.47. The van der Waals surface area contributed by atoms with Crippen LogP contribution in [0, 0.1) is 6.92 Å². The summed E-state index contributed by atoms with van der Waals surface area (Å²) in [5.74, 6) is 0. The van der Waals surface area contributed by atoms with Crippen molar-refractivity contribution in [3.63, 3.8) is 0 Å². The average molecular weight is 343 g/mol. The van der Waals surface area contributed by atoms with Crippen LogP contribution in [0.15, 0.2) is 91.0 Å². The largest absolute Gasteiger partial charge is 0.310 e. The van der Waals surface area contributed by atoms with Crippen LogP contribution in [0.4, 0.5) is 0 Å². The van der Waals surface area contributed by atoms with Gasteiger partial charge in [-0.1, -0.05) is 83.8 Å². The van der Waals surface area contributed by atoms with Gasteiger partial charge in [-0.2, -0.15) is 0 Å². The van der Waals surface area contributed by atoms with Gasteiger partial charge in [0, 0.05) is 22.0 Å².